The molecule has 0 unspecified atom stereocenters. The summed E-state index contributed by atoms with van der Waals surface area (Å²) in [5.74, 6) is 3.20. The van der Waals surface area contributed by atoms with Crippen molar-refractivity contribution in [1.29, 1.82) is 0 Å². The quantitative estimate of drug-likeness (QED) is 0.581. The lowest BCUT2D eigenvalue weighted by Gasteiger charge is -2.40. The average Bonchev–Trinajstić information content (AvgIpc) is 2.90. The van der Waals surface area contributed by atoms with Crippen LogP contribution in [0.5, 0.6) is 5.88 Å². The van der Waals surface area contributed by atoms with Crippen molar-refractivity contribution in [3.63, 3.8) is 0 Å². The highest BCUT2D eigenvalue weighted by atomic mass is 16.5. The monoisotopic (exact) mass is 475 g/mol. The van der Waals surface area contributed by atoms with Crippen LogP contribution in [0.15, 0.2) is 42.6 Å². The van der Waals surface area contributed by atoms with Crippen molar-refractivity contribution in [2.24, 2.45) is 5.92 Å². The number of pyridine rings is 1. The molecule has 3 aromatic rings. The molecule has 0 aliphatic carbocycles. The number of benzene rings is 1. The SMILES string of the molecule is OCC1CCN(c2ncc(C3CCOCC3)c(OC3CN(c4ccc5ccccc5n4)C3)n2)CC1. The molecule has 2 aromatic heterocycles. The molecule has 0 bridgehead atoms. The van der Waals surface area contributed by atoms with Crippen molar-refractivity contribution in [3.8, 4) is 5.88 Å². The van der Waals surface area contributed by atoms with Crippen LogP contribution < -0.4 is 14.5 Å². The molecule has 35 heavy (non-hydrogen) atoms. The van der Waals surface area contributed by atoms with Crippen molar-refractivity contribution < 1.29 is 14.6 Å². The van der Waals surface area contributed by atoms with Gasteiger partial charge in [0, 0.05) is 50.1 Å². The Kier molecular flexibility index (Phi) is 6.39. The molecule has 0 saturated carbocycles. The van der Waals surface area contributed by atoms with Crippen LogP contribution in [-0.4, -0.2) is 72.2 Å². The molecule has 3 aliphatic heterocycles. The molecule has 0 atom stereocenters. The number of anilines is 2. The Hall–Kier alpha value is -2.97. The number of nitrogens with zero attached hydrogens (tertiary/aromatic N) is 5. The van der Waals surface area contributed by atoms with E-state index in [2.05, 4.69) is 34.1 Å². The maximum absolute atomic E-state index is 9.47. The molecule has 8 nitrogen and oxygen atoms in total. The lowest BCUT2D eigenvalue weighted by Crippen LogP contribution is -2.54. The topological polar surface area (TPSA) is 83.8 Å². The second-order valence-corrected chi connectivity index (χ2v) is 9.94. The van der Waals surface area contributed by atoms with Crippen LogP contribution in [0.1, 0.15) is 37.2 Å². The van der Waals surface area contributed by atoms with Crippen LogP contribution in [-0.2, 0) is 4.74 Å². The normalized spacial score (nSPS) is 20.3. The zero-order valence-corrected chi connectivity index (χ0v) is 20.1. The molecule has 1 aromatic carbocycles. The van der Waals surface area contributed by atoms with E-state index in [1.54, 1.807) is 0 Å². The molecule has 5 heterocycles. The highest BCUT2D eigenvalue weighted by Gasteiger charge is 2.32. The van der Waals surface area contributed by atoms with Gasteiger partial charge in [0.25, 0.3) is 0 Å². The Balaban J connectivity index is 1.18. The summed E-state index contributed by atoms with van der Waals surface area (Å²) in [6.07, 6.45) is 5.93. The average molecular weight is 476 g/mol. The number of fused-ring (bicyclic) bond motifs is 1. The smallest absolute Gasteiger partial charge is 0.228 e. The van der Waals surface area contributed by atoms with Crippen molar-refractivity contribution in [3.05, 3.63) is 48.2 Å². The molecule has 6 rings (SSSR count). The first-order chi connectivity index (χ1) is 17.3. The van der Waals surface area contributed by atoms with Crippen LogP contribution in [0.25, 0.3) is 10.9 Å². The summed E-state index contributed by atoms with van der Waals surface area (Å²) in [5, 5.41) is 10.6. The molecule has 0 amide bonds. The zero-order chi connectivity index (χ0) is 23.6. The van der Waals surface area contributed by atoms with Crippen LogP contribution in [0.4, 0.5) is 11.8 Å². The van der Waals surface area contributed by atoms with Gasteiger partial charge < -0.3 is 24.4 Å². The van der Waals surface area contributed by atoms with E-state index in [-0.39, 0.29) is 12.7 Å². The first kappa shape index (κ1) is 22.5. The van der Waals surface area contributed by atoms with E-state index in [9.17, 15) is 5.11 Å². The van der Waals surface area contributed by atoms with Crippen molar-refractivity contribution in [1.82, 2.24) is 15.0 Å². The highest BCUT2D eigenvalue weighted by molar-refractivity contribution is 5.80. The van der Waals surface area contributed by atoms with Gasteiger partial charge in [-0.3, -0.25) is 0 Å². The summed E-state index contributed by atoms with van der Waals surface area (Å²) >= 11 is 0. The van der Waals surface area contributed by atoms with Gasteiger partial charge >= 0.3 is 0 Å². The molecule has 8 heteroatoms. The minimum absolute atomic E-state index is 0.0738. The third-order valence-electron chi connectivity index (χ3n) is 7.62. The summed E-state index contributed by atoms with van der Waals surface area (Å²) in [7, 11) is 0. The van der Waals surface area contributed by atoms with Crippen molar-refractivity contribution in [2.45, 2.75) is 37.7 Å². The maximum Gasteiger partial charge on any atom is 0.228 e. The highest BCUT2D eigenvalue weighted by Crippen LogP contribution is 2.35. The number of aliphatic hydroxyl groups excluding tert-OH is 1. The molecule has 184 valence electrons. The molecule has 3 fully saturated rings. The molecular weight excluding hydrogens is 442 g/mol. The predicted molar refractivity (Wildman–Crippen MR) is 135 cm³/mol. The number of piperidine rings is 1. The first-order valence-corrected chi connectivity index (χ1v) is 12.8. The Morgan fingerprint density at radius 2 is 1.74 bits per heavy atom. The molecular formula is C27H33N5O3. The minimum atomic E-state index is 0.0738. The van der Waals surface area contributed by atoms with Gasteiger partial charge in [-0.25, -0.2) is 9.97 Å². The van der Waals surface area contributed by atoms with E-state index >= 15 is 0 Å². The lowest BCUT2D eigenvalue weighted by molar-refractivity contribution is 0.0831. The van der Waals surface area contributed by atoms with Gasteiger partial charge in [0.15, 0.2) is 0 Å². The fraction of sp³-hybridized carbons (Fsp3) is 0.519. The fourth-order valence-electron chi connectivity index (χ4n) is 5.31. The number of aromatic nitrogens is 3. The van der Waals surface area contributed by atoms with Crippen molar-refractivity contribution in [2.75, 3.05) is 55.8 Å². The summed E-state index contributed by atoms with van der Waals surface area (Å²) in [5.41, 5.74) is 2.12. The summed E-state index contributed by atoms with van der Waals surface area (Å²) < 4.78 is 12.1. The van der Waals surface area contributed by atoms with E-state index in [0.29, 0.717) is 11.8 Å². The second-order valence-electron chi connectivity index (χ2n) is 9.94. The zero-order valence-electron chi connectivity index (χ0n) is 20.1. The Morgan fingerprint density at radius 1 is 0.943 bits per heavy atom. The van der Waals surface area contributed by atoms with Crippen molar-refractivity contribution >= 4 is 22.7 Å². The Labute approximate surface area is 205 Å². The standard InChI is InChI=1S/C27H33N5O3/c33-18-19-7-11-31(12-8-19)27-28-15-23(20-9-13-34-14-10-20)26(30-27)35-22-16-32(17-22)25-6-5-21-3-1-2-4-24(21)29-25/h1-6,15,19-20,22,33H,7-14,16-18H2. The summed E-state index contributed by atoms with van der Waals surface area (Å²) in [6.45, 7) is 5.12. The van der Waals surface area contributed by atoms with E-state index in [1.807, 2.05) is 18.3 Å². The van der Waals surface area contributed by atoms with Gasteiger partial charge in [-0.1, -0.05) is 18.2 Å². The molecule has 3 aliphatic rings. The number of ether oxygens (including phenoxy) is 2. The van der Waals surface area contributed by atoms with Crippen LogP contribution in [0, 0.1) is 5.92 Å². The Bertz CT molecular complexity index is 1150. The lowest BCUT2D eigenvalue weighted by atomic mass is 9.93. The van der Waals surface area contributed by atoms with Gasteiger partial charge in [-0.05, 0) is 55.7 Å². The molecule has 0 spiro atoms. The van der Waals surface area contributed by atoms with Crippen LogP contribution >= 0.6 is 0 Å². The van der Waals surface area contributed by atoms with E-state index in [1.165, 1.54) is 0 Å². The van der Waals surface area contributed by atoms with Gasteiger partial charge in [0.2, 0.25) is 11.8 Å². The molecule has 3 saturated heterocycles. The molecule has 0 radical (unpaired) electrons. The second kappa shape index (κ2) is 9.95. The predicted octanol–water partition coefficient (Wildman–Crippen LogP) is 3.40. The number of hydrogen-bond donors (Lipinski definition) is 1. The van der Waals surface area contributed by atoms with E-state index < -0.39 is 0 Å². The van der Waals surface area contributed by atoms with Gasteiger partial charge in [-0.2, -0.15) is 4.98 Å². The number of rotatable bonds is 6. The third kappa shape index (κ3) is 4.77. The van der Waals surface area contributed by atoms with Gasteiger partial charge in [-0.15, -0.1) is 0 Å². The number of aliphatic hydroxyl groups is 1. The van der Waals surface area contributed by atoms with E-state index in [0.717, 1.165) is 99.2 Å². The Morgan fingerprint density at radius 3 is 2.54 bits per heavy atom. The fourth-order valence-corrected chi connectivity index (χ4v) is 5.31. The maximum atomic E-state index is 9.47. The van der Waals surface area contributed by atoms with Crippen LogP contribution in [0.3, 0.4) is 0 Å². The first-order valence-electron chi connectivity index (χ1n) is 12.8. The van der Waals surface area contributed by atoms with Crippen LogP contribution in [0.2, 0.25) is 0 Å². The number of hydrogen-bond acceptors (Lipinski definition) is 8. The van der Waals surface area contributed by atoms with Gasteiger partial charge in [0.1, 0.15) is 11.9 Å². The summed E-state index contributed by atoms with van der Waals surface area (Å²) in [4.78, 5) is 19.0. The largest absolute Gasteiger partial charge is 0.470 e. The third-order valence-corrected chi connectivity index (χ3v) is 7.62. The van der Waals surface area contributed by atoms with E-state index in [4.69, 9.17) is 24.4 Å². The number of para-hydroxylation sites is 1. The van der Waals surface area contributed by atoms with Gasteiger partial charge in [0.05, 0.1) is 18.6 Å². The minimum Gasteiger partial charge on any atom is -0.470 e. The summed E-state index contributed by atoms with van der Waals surface area (Å²) in [6, 6.07) is 12.4. The molecule has 1 N–H and O–H groups in total.